The van der Waals surface area contributed by atoms with E-state index in [2.05, 4.69) is 0 Å². The second-order valence-electron chi connectivity index (χ2n) is 5.95. The van der Waals surface area contributed by atoms with Crippen LogP contribution in [0.15, 0.2) is 0 Å². The number of ketones is 1. The van der Waals surface area contributed by atoms with Crippen molar-refractivity contribution in [3.05, 3.63) is 0 Å². The van der Waals surface area contributed by atoms with Gasteiger partial charge in [-0.05, 0) is 25.9 Å². The number of hydrogen-bond donors (Lipinski definition) is 4. The Bertz CT molecular complexity index is 381. The molecule has 4 aliphatic heterocycles. The SMILES string of the molecule is O=C1C2CCN(CC2)[C@H]1[C@H]1O[C@H](CO)[C@H](O)[C@H](O)[C@H]1O. The summed E-state index contributed by atoms with van der Waals surface area (Å²) in [7, 11) is 0. The van der Waals surface area contributed by atoms with Crippen molar-refractivity contribution in [2.45, 2.75) is 49.4 Å². The van der Waals surface area contributed by atoms with Crippen LogP contribution in [-0.2, 0) is 9.53 Å². The minimum atomic E-state index is -1.42. The monoisotopic (exact) mass is 287 g/mol. The van der Waals surface area contributed by atoms with Gasteiger partial charge >= 0.3 is 0 Å². The molecule has 7 nitrogen and oxygen atoms in total. The molecule has 0 aliphatic carbocycles. The molecule has 6 atom stereocenters. The average molecular weight is 287 g/mol. The molecule has 2 bridgehead atoms. The minimum Gasteiger partial charge on any atom is -0.394 e. The summed E-state index contributed by atoms with van der Waals surface area (Å²) >= 11 is 0. The zero-order valence-corrected chi connectivity index (χ0v) is 11.1. The maximum atomic E-state index is 12.4. The van der Waals surface area contributed by atoms with E-state index in [1.807, 2.05) is 4.90 Å². The van der Waals surface area contributed by atoms with Crippen LogP contribution in [0.3, 0.4) is 0 Å². The lowest BCUT2D eigenvalue weighted by Gasteiger charge is -2.50. The first-order chi connectivity index (χ1) is 9.54. The summed E-state index contributed by atoms with van der Waals surface area (Å²) in [6.45, 7) is 1.08. The molecule has 20 heavy (non-hydrogen) atoms. The number of carbonyl (C=O) groups excluding carboxylic acids is 1. The molecule has 0 aromatic rings. The highest BCUT2D eigenvalue weighted by molar-refractivity contribution is 5.88. The van der Waals surface area contributed by atoms with Gasteiger partial charge in [-0.2, -0.15) is 0 Å². The predicted octanol–water partition coefficient (Wildman–Crippen LogP) is -2.51. The Hall–Kier alpha value is -0.570. The molecule has 4 saturated heterocycles. The van der Waals surface area contributed by atoms with Crippen LogP contribution >= 0.6 is 0 Å². The van der Waals surface area contributed by atoms with Gasteiger partial charge in [0.1, 0.15) is 30.5 Å². The Balaban J connectivity index is 1.83. The second-order valence-corrected chi connectivity index (χ2v) is 5.95. The molecule has 114 valence electrons. The summed E-state index contributed by atoms with van der Waals surface area (Å²) in [5.41, 5.74) is 0. The van der Waals surface area contributed by atoms with E-state index in [-0.39, 0.29) is 11.7 Å². The summed E-state index contributed by atoms with van der Waals surface area (Å²) < 4.78 is 5.52. The van der Waals surface area contributed by atoms with E-state index < -0.39 is 43.2 Å². The van der Waals surface area contributed by atoms with E-state index in [1.165, 1.54) is 0 Å². The number of Topliss-reactive ketones (excluding diaryl/α,β-unsaturated/α-hetero) is 1. The Morgan fingerprint density at radius 1 is 1.10 bits per heavy atom. The van der Waals surface area contributed by atoms with Crippen molar-refractivity contribution in [2.24, 2.45) is 5.92 Å². The van der Waals surface area contributed by atoms with Gasteiger partial charge in [-0.25, -0.2) is 0 Å². The van der Waals surface area contributed by atoms with Crippen molar-refractivity contribution in [2.75, 3.05) is 19.7 Å². The molecule has 0 unspecified atom stereocenters. The predicted molar refractivity (Wildman–Crippen MR) is 66.9 cm³/mol. The molecule has 0 aromatic heterocycles. The molecule has 4 heterocycles. The van der Waals surface area contributed by atoms with Crippen molar-refractivity contribution in [1.29, 1.82) is 0 Å². The molecule has 0 amide bonds. The fourth-order valence-corrected chi connectivity index (χ4v) is 3.64. The third-order valence-corrected chi connectivity index (χ3v) is 4.86. The molecular weight excluding hydrogens is 266 g/mol. The average Bonchev–Trinajstić information content (AvgIpc) is 2.47. The van der Waals surface area contributed by atoms with Crippen LogP contribution in [0.2, 0.25) is 0 Å². The molecule has 0 aromatic carbocycles. The van der Waals surface area contributed by atoms with E-state index >= 15 is 0 Å². The third-order valence-electron chi connectivity index (χ3n) is 4.86. The van der Waals surface area contributed by atoms with Crippen molar-refractivity contribution in [1.82, 2.24) is 4.90 Å². The summed E-state index contributed by atoms with van der Waals surface area (Å²) in [6, 6.07) is -0.589. The lowest BCUT2D eigenvalue weighted by molar-refractivity contribution is -0.245. The number of carbonyl (C=O) groups is 1. The zero-order chi connectivity index (χ0) is 14.4. The number of piperidine rings is 3. The van der Waals surface area contributed by atoms with Gasteiger partial charge in [-0.15, -0.1) is 0 Å². The molecule has 0 radical (unpaired) electrons. The molecule has 4 fully saturated rings. The molecule has 4 aliphatic rings. The van der Waals surface area contributed by atoms with Crippen molar-refractivity contribution in [3.8, 4) is 0 Å². The first-order valence-corrected chi connectivity index (χ1v) is 7.13. The lowest BCUT2D eigenvalue weighted by Crippen LogP contribution is -2.69. The van der Waals surface area contributed by atoms with Crippen molar-refractivity contribution in [3.63, 3.8) is 0 Å². The zero-order valence-electron chi connectivity index (χ0n) is 11.1. The normalized spacial score (nSPS) is 52.3. The van der Waals surface area contributed by atoms with Gasteiger partial charge in [0.2, 0.25) is 0 Å². The van der Waals surface area contributed by atoms with Gasteiger partial charge in [0, 0.05) is 5.92 Å². The number of fused-ring (bicyclic) bond motifs is 3. The van der Waals surface area contributed by atoms with Gasteiger partial charge in [0.25, 0.3) is 0 Å². The largest absolute Gasteiger partial charge is 0.394 e. The van der Waals surface area contributed by atoms with Crippen LogP contribution in [0.25, 0.3) is 0 Å². The van der Waals surface area contributed by atoms with Crippen LogP contribution in [0.4, 0.5) is 0 Å². The number of nitrogens with zero attached hydrogens (tertiary/aromatic N) is 1. The number of rotatable bonds is 2. The highest BCUT2D eigenvalue weighted by atomic mass is 16.5. The summed E-state index contributed by atoms with van der Waals surface area (Å²) in [5, 5.41) is 38.9. The Morgan fingerprint density at radius 2 is 1.75 bits per heavy atom. The number of ether oxygens (including phenoxy) is 1. The Labute approximate surface area is 116 Å². The molecule has 7 heteroatoms. The van der Waals surface area contributed by atoms with E-state index in [4.69, 9.17) is 4.74 Å². The van der Waals surface area contributed by atoms with Crippen molar-refractivity contribution >= 4 is 5.78 Å². The molecule has 4 rings (SSSR count). The first-order valence-electron chi connectivity index (χ1n) is 7.13. The van der Waals surface area contributed by atoms with Gasteiger partial charge in [0.05, 0.1) is 12.6 Å². The van der Waals surface area contributed by atoms with Gasteiger partial charge in [-0.3, -0.25) is 9.69 Å². The smallest absolute Gasteiger partial charge is 0.155 e. The highest BCUT2D eigenvalue weighted by Crippen LogP contribution is 2.35. The topological polar surface area (TPSA) is 110 Å². The quantitative estimate of drug-likeness (QED) is 0.444. The van der Waals surface area contributed by atoms with Crippen LogP contribution in [0.5, 0.6) is 0 Å². The fraction of sp³-hybridized carbons (Fsp3) is 0.923. The van der Waals surface area contributed by atoms with E-state index in [9.17, 15) is 25.2 Å². The van der Waals surface area contributed by atoms with Crippen LogP contribution in [0.1, 0.15) is 12.8 Å². The van der Waals surface area contributed by atoms with Crippen molar-refractivity contribution < 1.29 is 30.0 Å². The number of aliphatic hydroxyl groups is 4. The molecule has 0 saturated carbocycles. The number of hydrogen-bond acceptors (Lipinski definition) is 7. The van der Waals surface area contributed by atoms with Crippen LogP contribution < -0.4 is 0 Å². The minimum absolute atomic E-state index is 0.00244. The van der Waals surface area contributed by atoms with E-state index in [0.717, 1.165) is 25.9 Å². The van der Waals surface area contributed by atoms with Gasteiger partial charge in [0.15, 0.2) is 5.78 Å². The lowest BCUT2D eigenvalue weighted by atomic mass is 9.77. The fourth-order valence-electron chi connectivity index (χ4n) is 3.64. The molecule has 0 spiro atoms. The summed E-state index contributed by atoms with van der Waals surface area (Å²) in [6.07, 6.45) is -4.33. The van der Waals surface area contributed by atoms with E-state index in [0.29, 0.717) is 0 Å². The maximum absolute atomic E-state index is 12.4. The second kappa shape index (κ2) is 5.32. The molecular formula is C13H21NO6. The van der Waals surface area contributed by atoms with Crippen LogP contribution in [0, 0.1) is 5.92 Å². The van der Waals surface area contributed by atoms with E-state index in [1.54, 1.807) is 0 Å². The Kier molecular flexibility index (Phi) is 3.83. The summed E-state index contributed by atoms with van der Waals surface area (Å²) in [4.78, 5) is 14.3. The van der Waals surface area contributed by atoms with Gasteiger partial charge in [-0.1, -0.05) is 0 Å². The first kappa shape index (κ1) is 14.4. The molecule has 4 N–H and O–H groups in total. The maximum Gasteiger partial charge on any atom is 0.155 e. The van der Waals surface area contributed by atoms with Crippen LogP contribution in [-0.4, -0.2) is 87.4 Å². The summed E-state index contributed by atoms with van der Waals surface area (Å²) in [5.74, 6) is 0.0317. The Morgan fingerprint density at radius 3 is 2.30 bits per heavy atom. The highest BCUT2D eigenvalue weighted by Gasteiger charge is 2.53. The van der Waals surface area contributed by atoms with Gasteiger partial charge < -0.3 is 25.2 Å². The standard InChI is InChI=1S/C13H21NO6/c15-5-7-10(17)11(18)12(19)13(20-7)8-9(16)6-1-3-14(8)4-2-6/h6-8,10-13,15,17-19H,1-5H2/t7-,8-,10+,11+,12-,13-/m1/s1. The third kappa shape index (κ3) is 2.09. The number of aliphatic hydroxyl groups excluding tert-OH is 4.